The van der Waals surface area contributed by atoms with E-state index in [9.17, 15) is 9.59 Å². The highest BCUT2D eigenvalue weighted by Gasteiger charge is 2.31. The Hall–Kier alpha value is -2.99. The van der Waals surface area contributed by atoms with Gasteiger partial charge in [-0.1, -0.05) is 36.4 Å². The zero-order valence-electron chi connectivity index (χ0n) is 17.3. The Morgan fingerprint density at radius 1 is 1.10 bits per heavy atom. The molecule has 1 fully saturated rings. The van der Waals surface area contributed by atoms with E-state index in [1.807, 2.05) is 36.1 Å². The van der Waals surface area contributed by atoms with Gasteiger partial charge >= 0.3 is 0 Å². The van der Waals surface area contributed by atoms with Crippen molar-refractivity contribution in [3.05, 3.63) is 71.6 Å². The van der Waals surface area contributed by atoms with Gasteiger partial charge in [-0.15, -0.1) is 0 Å². The van der Waals surface area contributed by atoms with Crippen LogP contribution in [-0.4, -0.2) is 66.0 Å². The molecule has 0 N–H and O–H groups in total. The smallest absolute Gasteiger partial charge is 0.255 e. The van der Waals surface area contributed by atoms with Crippen LogP contribution in [0, 0.1) is 12.8 Å². The zero-order valence-corrected chi connectivity index (χ0v) is 17.3. The quantitative estimate of drug-likeness (QED) is 0.788. The molecule has 1 aromatic heterocycles. The molecule has 30 heavy (non-hydrogen) atoms. The number of nitrogens with zero attached hydrogens (tertiary/aromatic N) is 3. The standard InChI is InChI=1S/C24H27N3O3/c1-18-13-21(15-25-14-18)23(28)27-11-12-30-17-22(16-27)24(29)26-9-7-20(8-10-26)19-5-3-2-4-6-19/h2-7,13-15,22H,8-12,16-17H2,1H3. The predicted octanol–water partition coefficient (Wildman–Crippen LogP) is 2.79. The summed E-state index contributed by atoms with van der Waals surface area (Å²) in [6.45, 7) is 4.83. The van der Waals surface area contributed by atoms with Crippen LogP contribution < -0.4 is 0 Å². The van der Waals surface area contributed by atoms with Crippen LogP contribution in [0.4, 0.5) is 0 Å². The zero-order chi connectivity index (χ0) is 20.9. The molecule has 1 aromatic carbocycles. The van der Waals surface area contributed by atoms with Crippen molar-refractivity contribution in [2.75, 3.05) is 39.4 Å². The van der Waals surface area contributed by atoms with Crippen LogP contribution >= 0.6 is 0 Å². The van der Waals surface area contributed by atoms with Gasteiger partial charge in [-0.3, -0.25) is 14.6 Å². The van der Waals surface area contributed by atoms with Crippen molar-refractivity contribution < 1.29 is 14.3 Å². The molecule has 0 saturated carbocycles. The Morgan fingerprint density at radius 3 is 2.67 bits per heavy atom. The number of hydrogen-bond acceptors (Lipinski definition) is 4. The highest BCUT2D eigenvalue weighted by Crippen LogP contribution is 2.23. The lowest BCUT2D eigenvalue weighted by Crippen LogP contribution is -2.45. The lowest BCUT2D eigenvalue weighted by atomic mass is 9.98. The van der Waals surface area contributed by atoms with Crippen molar-refractivity contribution in [1.29, 1.82) is 0 Å². The predicted molar refractivity (Wildman–Crippen MR) is 115 cm³/mol. The van der Waals surface area contributed by atoms with Crippen molar-refractivity contribution in [2.24, 2.45) is 5.92 Å². The molecule has 1 saturated heterocycles. The molecule has 3 heterocycles. The summed E-state index contributed by atoms with van der Waals surface area (Å²) in [4.78, 5) is 33.8. The van der Waals surface area contributed by atoms with Crippen LogP contribution in [0.15, 0.2) is 54.9 Å². The normalized spacial score (nSPS) is 19.8. The largest absolute Gasteiger partial charge is 0.379 e. The SMILES string of the molecule is Cc1cncc(C(=O)N2CCOCC(C(=O)N3CC=C(c4ccccc4)CC3)C2)c1. The third kappa shape index (κ3) is 4.60. The van der Waals surface area contributed by atoms with Gasteiger partial charge < -0.3 is 14.5 Å². The molecule has 156 valence electrons. The van der Waals surface area contributed by atoms with Crippen LogP contribution in [0.25, 0.3) is 5.57 Å². The third-order valence-corrected chi connectivity index (χ3v) is 5.69. The number of benzene rings is 1. The summed E-state index contributed by atoms with van der Waals surface area (Å²) >= 11 is 0. The Bertz CT molecular complexity index is 942. The third-order valence-electron chi connectivity index (χ3n) is 5.69. The highest BCUT2D eigenvalue weighted by molar-refractivity contribution is 5.94. The Kier molecular flexibility index (Phi) is 6.23. The number of amides is 2. The average molecular weight is 405 g/mol. The first-order valence-electron chi connectivity index (χ1n) is 10.4. The van der Waals surface area contributed by atoms with E-state index in [4.69, 9.17) is 4.74 Å². The van der Waals surface area contributed by atoms with Gasteiger partial charge in [-0.05, 0) is 36.1 Å². The molecule has 6 heteroatoms. The van der Waals surface area contributed by atoms with E-state index in [0.29, 0.717) is 45.0 Å². The van der Waals surface area contributed by atoms with Gasteiger partial charge in [0.05, 0.1) is 24.7 Å². The molecule has 0 bridgehead atoms. The molecule has 0 radical (unpaired) electrons. The van der Waals surface area contributed by atoms with Gasteiger partial charge in [0.25, 0.3) is 5.91 Å². The second kappa shape index (κ2) is 9.22. The van der Waals surface area contributed by atoms with Crippen molar-refractivity contribution in [3.8, 4) is 0 Å². The Balaban J connectivity index is 1.42. The Morgan fingerprint density at radius 2 is 1.93 bits per heavy atom. The second-order valence-corrected chi connectivity index (χ2v) is 7.90. The summed E-state index contributed by atoms with van der Waals surface area (Å²) in [7, 11) is 0. The number of hydrogen-bond donors (Lipinski definition) is 0. The number of carbonyl (C=O) groups is 2. The van der Waals surface area contributed by atoms with Crippen LogP contribution in [-0.2, 0) is 9.53 Å². The van der Waals surface area contributed by atoms with E-state index in [1.165, 1.54) is 11.1 Å². The van der Waals surface area contributed by atoms with E-state index in [2.05, 4.69) is 23.2 Å². The van der Waals surface area contributed by atoms with Gasteiger partial charge in [-0.25, -0.2) is 0 Å². The monoisotopic (exact) mass is 405 g/mol. The highest BCUT2D eigenvalue weighted by atomic mass is 16.5. The number of aryl methyl sites for hydroxylation is 1. The minimum Gasteiger partial charge on any atom is -0.379 e. The fourth-order valence-electron chi connectivity index (χ4n) is 4.04. The van der Waals surface area contributed by atoms with E-state index in [-0.39, 0.29) is 17.7 Å². The molecule has 2 amide bonds. The molecule has 0 aliphatic carbocycles. The summed E-state index contributed by atoms with van der Waals surface area (Å²) < 4.78 is 5.68. The summed E-state index contributed by atoms with van der Waals surface area (Å²) in [5.41, 5.74) is 3.98. The maximum Gasteiger partial charge on any atom is 0.255 e. The summed E-state index contributed by atoms with van der Waals surface area (Å²) in [6, 6.07) is 12.1. The molecule has 6 nitrogen and oxygen atoms in total. The van der Waals surface area contributed by atoms with Gasteiger partial charge in [0.1, 0.15) is 0 Å². The fraction of sp³-hybridized carbons (Fsp3) is 0.375. The minimum absolute atomic E-state index is 0.0560. The van der Waals surface area contributed by atoms with Crippen molar-refractivity contribution >= 4 is 17.4 Å². The molecule has 1 unspecified atom stereocenters. The van der Waals surface area contributed by atoms with Crippen molar-refractivity contribution in [2.45, 2.75) is 13.3 Å². The number of aromatic nitrogens is 1. The molecule has 0 spiro atoms. The second-order valence-electron chi connectivity index (χ2n) is 7.90. The minimum atomic E-state index is -0.346. The van der Waals surface area contributed by atoms with E-state index in [0.717, 1.165) is 12.0 Å². The maximum atomic E-state index is 13.2. The number of ether oxygens (including phenoxy) is 1. The number of rotatable bonds is 3. The van der Waals surface area contributed by atoms with Gasteiger partial charge in [-0.2, -0.15) is 0 Å². The van der Waals surface area contributed by atoms with E-state index >= 15 is 0 Å². The molecular weight excluding hydrogens is 378 g/mol. The average Bonchev–Trinajstić information content (AvgIpc) is 3.05. The molecule has 4 rings (SSSR count). The molecule has 2 aliphatic heterocycles. The van der Waals surface area contributed by atoms with Crippen LogP contribution in [0.5, 0.6) is 0 Å². The first kappa shape index (κ1) is 20.3. The Labute approximate surface area is 177 Å². The lowest BCUT2D eigenvalue weighted by molar-refractivity contribution is -0.136. The summed E-state index contributed by atoms with van der Waals surface area (Å²) in [5.74, 6) is -0.388. The van der Waals surface area contributed by atoms with Crippen molar-refractivity contribution in [1.82, 2.24) is 14.8 Å². The summed E-state index contributed by atoms with van der Waals surface area (Å²) in [6.07, 6.45) is 6.28. The topological polar surface area (TPSA) is 62.7 Å². The van der Waals surface area contributed by atoms with Crippen LogP contribution in [0.2, 0.25) is 0 Å². The molecule has 1 atom stereocenters. The van der Waals surface area contributed by atoms with Gasteiger partial charge in [0.15, 0.2) is 0 Å². The lowest BCUT2D eigenvalue weighted by Gasteiger charge is -2.31. The first-order chi connectivity index (χ1) is 14.6. The van der Waals surface area contributed by atoms with Crippen molar-refractivity contribution in [3.63, 3.8) is 0 Å². The van der Waals surface area contributed by atoms with Gasteiger partial charge in [0.2, 0.25) is 5.91 Å². The van der Waals surface area contributed by atoms with Crippen LogP contribution in [0.1, 0.15) is 27.9 Å². The number of carbonyl (C=O) groups excluding carboxylic acids is 2. The molecular formula is C24H27N3O3. The van der Waals surface area contributed by atoms with E-state index in [1.54, 1.807) is 17.3 Å². The maximum absolute atomic E-state index is 13.2. The fourth-order valence-corrected chi connectivity index (χ4v) is 4.04. The molecule has 2 aromatic rings. The van der Waals surface area contributed by atoms with E-state index < -0.39 is 0 Å². The summed E-state index contributed by atoms with van der Waals surface area (Å²) in [5, 5.41) is 0. The van der Waals surface area contributed by atoms with Gasteiger partial charge in [0, 0.05) is 38.6 Å². The molecule has 2 aliphatic rings. The first-order valence-corrected chi connectivity index (χ1v) is 10.4. The number of pyridine rings is 1. The van der Waals surface area contributed by atoms with Crippen LogP contribution in [0.3, 0.4) is 0 Å².